The fourth-order valence-electron chi connectivity index (χ4n) is 3.97. The number of halogens is 1. The maximum atomic E-state index is 13.6. The summed E-state index contributed by atoms with van der Waals surface area (Å²) in [6, 6.07) is 14.5. The number of furan rings is 1. The van der Waals surface area contributed by atoms with Gasteiger partial charge in [0, 0.05) is 54.6 Å². The van der Waals surface area contributed by atoms with Crippen molar-refractivity contribution in [3.05, 3.63) is 76.7 Å². The lowest BCUT2D eigenvalue weighted by Gasteiger charge is -2.34. The van der Waals surface area contributed by atoms with Gasteiger partial charge in [0.25, 0.3) is 5.91 Å². The van der Waals surface area contributed by atoms with Crippen molar-refractivity contribution in [2.24, 2.45) is 0 Å². The number of aryl methyl sites for hydroxylation is 1. The minimum absolute atomic E-state index is 0.131. The molecule has 4 aromatic rings. The molecule has 1 amide bonds. The van der Waals surface area contributed by atoms with Crippen molar-refractivity contribution < 1.29 is 13.6 Å². The molecule has 31 heavy (non-hydrogen) atoms. The summed E-state index contributed by atoms with van der Waals surface area (Å²) in [5.74, 6) is -0.156. The molecule has 2 aromatic carbocycles. The van der Waals surface area contributed by atoms with Gasteiger partial charge in [-0.05, 0) is 25.1 Å². The number of rotatable bonds is 4. The average Bonchev–Trinajstić information content (AvgIpc) is 3.39. The number of aromatic nitrogens is 1. The SMILES string of the molecule is Cc1c(C(=O)N2CCN(Cc3csc(-c4ccccc4)n3)CC2)oc2ccc(F)cc12. The van der Waals surface area contributed by atoms with Gasteiger partial charge in [0.1, 0.15) is 16.4 Å². The van der Waals surface area contributed by atoms with Crippen LogP contribution in [0.2, 0.25) is 0 Å². The zero-order chi connectivity index (χ0) is 21.4. The van der Waals surface area contributed by atoms with E-state index in [1.165, 1.54) is 12.1 Å². The molecule has 0 spiro atoms. The summed E-state index contributed by atoms with van der Waals surface area (Å²) < 4.78 is 19.3. The zero-order valence-corrected chi connectivity index (χ0v) is 18.0. The van der Waals surface area contributed by atoms with Crippen molar-refractivity contribution in [3.8, 4) is 10.6 Å². The van der Waals surface area contributed by atoms with Crippen molar-refractivity contribution >= 4 is 28.2 Å². The van der Waals surface area contributed by atoms with Crippen LogP contribution in [0.1, 0.15) is 21.8 Å². The third-order valence-electron chi connectivity index (χ3n) is 5.71. The van der Waals surface area contributed by atoms with Gasteiger partial charge in [0.2, 0.25) is 0 Å². The predicted molar refractivity (Wildman–Crippen MR) is 120 cm³/mol. The zero-order valence-electron chi connectivity index (χ0n) is 17.2. The number of fused-ring (bicyclic) bond motifs is 1. The van der Waals surface area contributed by atoms with Gasteiger partial charge in [-0.25, -0.2) is 9.37 Å². The third kappa shape index (κ3) is 3.98. The number of thiazole rings is 1. The minimum atomic E-state index is -0.332. The molecule has 5 rings (SSSR count). The summed E-state index contributed by atoms with van der Waals surface area (Å²) in [4.78, 5) is 21.9. The highest BCUT2D eigenvalue weighted by Crippen LogP contribution is 2.28. The van der Waals surface area contributed by atoms with Gasteiger partial charge < -0.3 is 9.32 Å². The fourth-order valence-corrected chi connectivity index (χ4v) is 4.79. The Hall–Kier alpha value is -3.03. The first kappa shape index (κ1) is 19.9. The second kappa shape index (κ2) is 8.24. The second-order valence-electron chi connectivity index (χ2n) is 7.78. The van der Waals surface area contributed by atoms with Crippen LogP contribution in [0.25, 0.3) is 21.5 Å². The maximum absolute atomic E-state index is 13.6. The molecule has 7 heteroatoms. The Morgan fingerprint density at radius 1 is 1.13 bits per heavy atom. The Morgan fingerprint density at radius 2 is 1.90 bits per heavy atom. The Labute approximate surface area is 183 Å². The Balaban J connectivity index is 1.22. The summed E-state index contributed by atoms with van der Waals surface area (Å²) >= 11 is 1.66. The van der Waals surface area contributed by atoms with Gasteiger partial charge in [-0.2, -0.15) is 0 Å². The van der Waals surface area contributed by atoms with E-state index >= 15 is 0 Å². The molecule has 0 bridgehead atoms. The van der Waals surface area contributed by atoms with Crippen LogP contribution in [0, 0.1) is 12.7 Å². The fraction of sp³-hybridized carbons (Fsp3) is 0.250. The van der Waals surface area contributed by atoms with Crippen molar-refractivity contribution in [2.75, 3.05) is 26.2 Å². The summed E-state index contributed by atoms with van der Waals surface area (Å²) in [6.45, 7) is 5.38. The van der Waals surface area contributed by atoms with Crippen LogP contribution in [-0.2, 0) is 6.54 Å². The lowest BCUT2D eigenvalue weighted by Crippen LogP contribution is -2.48. The summed E-state index contributed by atoms with van der Waals surface area (Å²) in [5, 5.41) is 3.79. The highest BCUT2D eigenvalue weighted by atomic mass is 32.1. The van der Waals surface area contributed by atoms with E-state index in [1.54, 1.807) is 24.3 Å². The van der Waals surface area contributed by atoms with Crippen LogP contribution in [0.5, 0.6) is 0 Å². The van der Waals surface area contributed by atoms with Crippen LogP contribution in [-0.4, -0.2) is 46.9 Å². The number of amides is 1. The summed E-state index contributed by atoms with van der Waals surface area (Å²) in [7, 11) is 0. The van der Waals surface area contributed by atoms with E-state index in [0.29, 0.717) is 35.4 Å². The predicted octanol–water partition coefficient (Wildman–Crippen LogP) is 4.96. The molecule has 158 valence electrons. The van der Waals surface area contributed by atoms with Crippen molar-refractivity contribution in [3.63, 3.8) is 0 Å². The quantitative estimate of drug-likeness (QED) is 0.455. The second-order valence-corrected chi connectivity index (χ2v) is 8.63. The lowest BCUT2D eigenvalue weighted by molar-refractivity contribution is 0.0598. The highest BCUT2D eigenvalue weighted by molar-refractivity contribution is 7.13. The van der Waals surface area contributed by atoms with E-state index in [-0.39, 0.29) is 11.7 Å². The molecule has 2 aromatic heterocycles. The molecule has 3 heterocycles. The van der Waals surface area contributed by atoms with Crippen molar-refractivity contribution in [1.29, 1.82) is 0 Å². The van der Waals surface area contributed by atoms with E-state index in [9.17, 15) is 9.18 Å². The third-order valence-corrected chi connectivity index (χ3v) is 6.65. The van der Waals surface area contributed by atoms with Crippen LogP contribution in [0.15, 0.2) is 58.3 Å². The number of hydrogen-bond donors (Lipinski definition) is 0. The van der Waals surface area contributed by atoms with E-state index in [4.69, 9.17) is 9.40 Å². The molecule has 0 radical (unpaired) electrons. The lowest BCUT2D eigenvalue weighted by atomic mass is 10.1. The molecule has 0 atom stereocenters. The molecule has 0 unspecified atom stereocenters. The first-order valence-electron chi connectivity index (χ1n) is 10.3. The number of hydrogen-bond acceptors (Lipinski definition) is 5. The van der Waals surface area contributed by atoms with E-state index in [0.717, 1.165) is 35.9 Å². The molecular weight excluding hydrogens is 413 g/mol. The normalized spacial score (nSPS) is 15.0. The topological polar surface area (TPSA) is 49.6 Å². The molecule has 1 fully saturated rings. The van der Waals surface area contributed by atoms with Crippen LogP contribution in [0.3, 0.4) is 0 Å². The Morgan fingerprint density at radius 3 is 2.68 bits per heavy atom. The van der Waals surface area contributed by atoms with Gasteiger partial charge in [0.05, 0.1) is 5.69 Å². The summed E-state index contributed by atoms with van der Waals surface area (Å²) in [6.07, 6.45) is 0. The van der Waals surface area contributed by atoms with Gasteiger partial charge in [-0.1, -0.05) is 30.3 Å². The molecular formula is C24H22FN3O2S. The monoisotopic (exact) mass is 435 g/mol. The number of piperazine rings is 1. The molecule has 0 aliphatic carbocycles. The smallest absolute Gasteiger partial charge is 0.289 e. The Bertz CT molecular complexity index is 1230. The number of benzene rings is 2. The Kier molecular flexibility index (Phi) is 5.29. The van der Waals surface area contributed by atoms with Crippen LogP contribution < -0.4 is 0 Å². The van der Waals surface area contributed by atoms with Crippen molar-refractivity contribution in [1.82, 2.24) is 14.8 Å². The highest BCUT2D eigenvalue weighted by Gasteiger charge is 2.27. The van der Waals surface area contributed by atoms with E-state index in [2.05, 4.69) is 22.4 Å². The molecule has 0 N–H and O–H groups in total. The largest absolute Gasteiger partial charge is 0.451 e. The van der Waals surface area contributed by atoms with Gasteiger partial charge in [0.15, 0.2) is 5.76 Å². The number of carbonyl (C=O) groups is 1. The summed E-state index contributed by atoms with van der Waals surface area (Å²) in [5.41, 5.74) is 3.42. The molecule has 1 aliphatic rings. The van der Waals surface area contributed by atoms with Gasteiger partial charge >= 0.3 is 0 Å². The first-order chi connectivity index (χ1) is 15.1. The molecule has 0 saturated carbocycles. The minimum Gasteiger partial charge on any atom is -0.451 e. The van der Waals surface area contributed by atoms with Gasteiger partial charge in [-0.3, -0.25) is 9.69 Å². The van der Waals surface area contributed by atoms with Crippen LogP contribution >= 0.6 is 11.3 Å². The molecule has 1 aliphatic heterocycles. The first-order valence-corrected chi connectivity index (χ1v) is 11.2. The van der Waals surface area contributed by atoms with Gasteiger partial charge in [-0.15, -0.1) is 11.3 Å². The standard InChI is InChI=1S/C24H22FN3O2S/c1-16-20-13-18(25)7-8-21(20)30-22(16)24(29)28-11-9-27(10-12-28)14-19-15-31-23(26-19)17-5-3-2-4-6-17/h2-8,13,15H,9-12,14H2,1H3. The van der Waals surface area contributed by atoms with Crippen LogP contribution in [0.4, 0.5) is 4.39 Å². The maximum Gasteiger partial charge on any atom is 0.289 e. The number of nitrogens with zero attached hydrogens (tertiary/aromatic N) is 3. The molecule has 5 nitrogen and oxygen atoms in total. The van der Waals surface area contributed by atoms with Crippen molar-refractivity contribution in [2.45, 2.75) is 13.5 Å². The van der Waals surface area contributed by atoms with E-state index in [1.807, 2.05) is 23.1 Å². The van der Waals surface area contributed by atoms with E-state index < -0.39 is 0 Å². The average molecular weight is 436 g/mol. The number of carbonyl (C=O) groups excluding carboxylic acids is 1. The molecule has 1 saturated heterocycles.